The van der Waals surface area contributed by atoms with Gasteiger partial charge < -0.3 is 21.1 Å². The zero-order valence-corrected chi connectivity index (χ0v) is 12.2. The minimum absolute atomic E-state index is 0.472. The van der Waals surface area contributed by atoms with Crippen molar-refractivity contribution < 1.29 is 5.11 Å². The fraction of sp³-hybridized carbons (Fsp3) is 0.429. The first-order valence-corrected chi connectivity index (χ1v) is 7.33. The molecule has 2 rings (SSSR count). The molecule has 0 saturated heterocycles. The average molecular weight is 279 g/mol. The molecule has 1 heterocycles. The van der Waals surface area contributed by atoms with Gasteiger partial charge in [0.2, 0.25) is 0 Å². The van der Waals surface area contributed by atoms with Crippen molar-refractivity contribution in [2.75, 3.05) is 32.1 Å². The van der Waals surface area contributed by atoms with Crippen molar-refractivity contribution in [1.82, 2.24) is 5.32 Å². The van der Waals surface area contributed by atoms with E-state index < -0.39 is 6.10 Å². The summed E-state index contributed by atoms with van der Waals surface area (Å²) in [5.74, 6) is 0.834. The van der Waals surface area contributed by atoms with Gasteiger partial charge in [0.15, 0.2) is 0 Å². The van der Waals surface area contributed by atoms with Crippen molar-refractivity contribution in [3.63, 3.8) is 0 Å². The lowest BCUT2D eigenvalue weighted by atomic mass is 10.2. The summed E-state index contributed by atoms with van der Waals surface area (Å²) in [7, 11) is 4.06. The Bertz CT molecular complexity index is 456. The summed E-state index contributed by atoms with van der Waals surface area (Å²) in [6, 6.07) is 8.44. The molecule has 0 aliphatic carbocycles. The Morgan fingerprint density at radius 1 is 1.37 bits per heavy atom. The number of β-amino-alcohol motifs (C(OH)–C–C–N with tert-alkyl or cyclic N) is 1. The normalized spacial score (nSPS) is 19.6. The zero-order valence-electron chi connectivity index (χ0n) is 11.4. The van der Waals surface area contributed by atoms with Crippen LogP contribution in [-0.4, -0.2) is 38.4 Å². The molecule has 1 aliphatic heterocycles. The van der Waals surface area contributed by atoms with Gasteiger partial charge in [-0.05, 0) is 17.7 Å². The number of hydrogen-bond acceptors (Lipinski definition) is 5. The maximum absolute atomic E-state index is 9.91. The van der Waals surface area contributed by atoms with Gasteiger partial charge in [-0.3, -0.25) is 0 Å². The molecule has 0 saturated carbocycles. The third kappa shape index (κ3) is 3.65. The van der Waals surface area contributed by atoms with Crippen LogP contribution in [0.15, 0.2) is 34.9 Å². The lowest BCUT2D eigenvalue weighted by Crippen LogP contribution is -2.37. The Balaban J connectivity index is 1.98. The molecule has 104 valence electrons. The summed E-state index contributed by atoms with van der Waals surface area (Å²) in [5.41, 5.74) is 9.11. The zero-order chi connectivity index (χ0) is 13.8. The molecule has 0 amide bonds. The second kappa shape index (κ2) is 6.32. The van der Waals surface area contributed by atoms with E-state index in [0.29, 0.717) is 13.1 Å². The fourth-order valence-electron chi connectivity index (χ4n) is 1.98. The van der Waals surface area contributed by atoms with Crippen molar-refractivity contribution in [3.8, 4) is 0 Å². The lowest BCUT2D eigenvalue weighted by molar-refractivity contribution is 0.209. The van der Waals surface area contributed by atoms with E-state index in [2.05, 4.69) is 34.5 Å². The van der Waals surface area contributed by atoms with E-state index in [1.165, 1.54) is 11.3 Å². The van der Waals surface area contributed by atoms with Crippen LogP contribution in [0.2, 0.25) is 0 Å². The van der Waals surface area contributed by atoms with Crippen LogP contribution in [-0.2, 0) is 5.75 Å². The highest BCUT2D eigenvalue weighted by Gasteiger charge is 2.19. The van der Waals surface area contributed by atoms with Crippen LogP contribution in [0.3, 0.4) is 0 Å². The molecule has 5 heteroatoms. The van der Waals surface area contributed by atoms with E-state index in [1.54, 1.807) is 11.8 Å². The number of rotatable bonds is 4. The van der Waals surface area contributed by atoms with Crippen molar-refractivity contribution in [2.24, 2.45) is 5.73 Å². The van der Waals surface area contributed by atoms with Crippen LogP contribution in [0.4, 0.5) is 5.69 Å². The minimum Gasteiger partial charge on any atom is -0.400 e. The van der Waals surface area contributed by atoms with E-state index in [9.17, 15) is 5.11 Å². The third-order valence-electron chi connectivity index (χ3n) is 3.12. The van der Waals surface area contributed by atoms with Crippen molar-refractivity contribution in [1.29, 1.82) is 0 Å². The Labute approximate surface area is 118 Å². The molecule has 0 fully saturated rings. The molecule has 0 spiro atoms. The van der Waals surface area contributed by atoms with E-state index in [1.807, 2.05) is 14.1 Å². The van der Waals surface area contributed by atoms with Crippen LogP contribution >= 0.6 is 11.8 Å². The Morgan fingerprint density at radius 3 is 2.63 bits per heavy atom. The standard InChI is InChI=1S/C14H21N3OS/c1-17(2)11-5-3-10(4-6-11)9-19-14-12(15)7-16-8-13(14)18/h3-6,13,16,18H,7-9,15H2,1-2H3. The second-order valence-corrected chi connectivity index (χ2v) is 5.90. The van der Waals surface area contributed by atoms with Gasteiger partial charge in [0.1, 0.15) is 0 Å². The summed E-state index contributed by atoms with van der Waals surface area (Å²) in [4.78, 5) is 2.99. The predicted molar refractivity (Wildman–Crippen MR) is 82.2 cm³/mol. The fourth-order valence-corrected chi connectivity index (χ4v) is 3.03. The summed E-state index contributed by atoms with van der Waals surface area (Å²) in [6.45, 7) is 1.25. The van der Waals surface area contributed by atoms with Crippen molar-refractivity contribution >= 4 is 17.4 Å². The van der Waals surface area contributed by atoms with Gasteiger partial charge in [-0.25, -0.2) is 0 Å². The molecule has 1 aromatic rings. The number of anilines is 1. The summed E-state index contributed by atoms with van der Waals surface area (Å²) < 4.78 is 0. The lowest BCUT2D eigenvalue weighted by Gasteiger charge is -2.23. The maximum Gasteiger partial charge on any atom is 0.0990 e. The highest BCUT2D eigenvalue weighted by atomic mass is 32.2. The van der Waals surface area contributed by atoms with Crippen LogP contribution in [0.1, 0.15) is 5.56 Å². The van der Waals surface area contributed by atoms with Crippen LogP contribution in [0.25, 0.3) is 0 Å². The number of nitrogens with two attached hydrogens (primary N) is 1. The number of nitrogens with one attached hydrogen (secondary N) is 1. The number of nitrogens with zero attached hydrogens (tertiary/aromatic N) is 1. The highest BCUT2D eigenvalue weighted by molar-refractivity contribution is 8.02. The molecule has 4 nitrogen and oxygen atoms in total. The van der Waals surface area contributed by atoms with E-state index in [0.717, 1.165) is 16.4 Å². The molecule has 0 bridgehead atoms. The molecular formula is C14H21N3OS. The first kappa shape index (κ1) is 14.2. The number of benzene rings is 1. The van der Waals surface area contributed by atoms with Gasteiger partial charge in [-0.15, -0.1) is 11.8 Å². The molecule has 0 radical (unpaired) electrons. The smallest absolute Gasteiger partial charge is 0.0990 e. The molecule has 1 atom stereocenters. The van der Waals surface area contributed by atoms with E-state index in [4.69, 9.17) is 5.73 Å². The topological polar surface area (TPSA) is 61.5 Å². The van der Waals surface area contributed by atoms with E-state index >= 15 is 0 Å². The number of aliphatic hydroxyl groups is 1. The quantitative estimate of drug-likeness (QED) is 0.771. The molecule has 4 N–H and O–H groups in total. The van der Waals surface area contributed by atoms with Gasteiger partial charge in [-0.1, -0.05) is 12.1 Å². The Morgan fingerprint density at radius 2 is 2.05 bits per heavy atom. The molecular weight excluding hydrogens is 258 g/mol. The minimum atomic E-state index is -0.472. The van der Waals surface area contributed by atoms with Crippen LogP contribution in [0, 0.1) is 0 Å². The summed E-state index contributed by atoms with van der Waals surface area (Å²) >= 11 is 1.63. The molecule has 19 heavy (non-hydrogen) atoms. The van der Waals surface area contributed by atoms with Crippen LogP contribution < -0.4 is 16.0 Å². The predicted octanol–water partition coefficient (Wildman–Crippen LogP) is 1.12. The first-order valence-electron chi connectivity index (χ1n) is 6.34. The maximum atomic E-state index is 9.91. The van der Waals surface area contributed by atoms with Gasteiger partial charge in [0.05, 0.1) is 6.10 Å². The molecule has 1 aromatic carbocycles. The molecule has 0 aromatic heterocycles. The van der Waals surface area contributed by atoms with Crippen molar-refractivity contribution in [2.45, 2.75) is 11.9 Å². The van der Waals surface area contributed by atoms with Crippen LogP contribution in [0.5, 0.6) is 0 Å². The van der Waals surface area contributed by atoms with Gasteiger partial charge >= 0.3 is 0 Å². The summed E-state index contributed by atoms with van der Waals surface area (Å²) in [6.07, 6.45) is -0.472. The third-order valence-corrected chi connectivity index (χ3v) is 4.44. The van der Waals surface area contributed by atoms with E-state index in [-0.39, 0.29) is 0 Å². The molecule has 1 unspecified atom stereocenters. The monoisotopic (exact) mass is 279 g/mol. The second-order valence-electron chi connectivity index (χ2n) is 4.89. The Kier molecular flexibility index (Phi) is 4.74. The largest absolute Gasteiger partial charge is 0.400 e. The number of thioether (sulfide) groups is 1. The SMILES string of the molecule is CN(C)c1ccc(CSC2=C(N)CNCC2O)cc1. The van der Waals surface area contributed by atoms with Gasteiger partial charge in [-0.2, -0.15) is 0 Å². The van der Waals surface area contributed by atoms with Crippen molar-refractivity contribution in [3.05, 3.63) is 40.4 Å². The Hall–Kier alpha value is -1.17. The molecule has 1 aliphatic rings. The number of hydrogen-bond donors (Lipinski definition) is 3. The summed E-state index contributed by atoms with van der Waals surface area (Å²) in [5, 5.41) is 13.0. The average Bonchev–Trinajstić information content (AvgIpc) is 2.38. The number of aliphatic hydroxyl groups excluding tert-OH is 1. The van der Waals surface area contributed by atoms with Gasteiger partial charge in [0.25, 0.3) is 0 Å². The first-order chi connectivity index (χ1) is 9.08. The highest BCUT2D eigenvalue weighted by Crippen LogP contribution is 2.27. The van der Waals surface area contributed by atoms with Gasteiger partial charge in [0, 0.05) is 49.2 Å².